The first kappa shape index (κ1) is 27.5. The molecule has 2 aliphatic rings. The van der Waals surface area contributed by atoms with Crippen molar-refractivity contribution < 1.29 is 19.1 Å². The lowest BCUT2D eigenvalue weighted by Crippen LogP contribution is -2.13. The van der Waals surface area contributed by atoms with Crippen LogP contribution in [0.25, 0.3) is 44.1 Å². The van der Waals surface area contributed by atoms with Crippen LogP contribution in [0.5, 0.6) is 11.8 Å². The summed E-state index contributed by atoms with van der Waals surface area (Å²) < 4.78 is 12.7. The molecule has 0 atom stereocenters. The molecular formula is C38H28N2O4S. The molecule has 0 fully saturated rings. The van der Waals surface area contributed by atoms with Crippen LogP contribution < -0.4 is 9.47 Å². The molecule has 0 unspecified atom stereocenters. The van der Waals surface area contributed by atoms with Crippen LogP contribution in [0, 0.1) is 0 Å². The number of carbonyl (C=O) groups excluding carboxylic acids is 2. The monoisotopic (exact) mass is 608 g/mol. The molecule has 0 amide bonds. The molecule has 0 saturated carbocycles. The maximum atomic E-state index is 13.7. The Morgan fingerprint density at radius 2 is 0.933 bits per heavy atom. The average molecular weight is 609 g/mol. The van der Waals surface area contributed by atoms with Crippen LogP contribution >= 0.6 is 11.8 Å². The number of aromatic nitrogens is 2. The van der Waals surface area contributed by atoms with Gasteiger partial charge < -0.3 is 9.47 Å². The van der Waals surface area contributed by atoms with Crippen molar-refractivity contribution in [3.05, 3.63) is 107 Å². The summed E-state index contributed by atoms with van der Waals surface area (Å²) in [5.41, 5.74) is 5.61. The molecule has 0 radical (unpaired) electrons. The number of hydrogen-bond acceptors (Lipinski definition) is 7. The van der Waals surface area contributed by atoms with Gasteiger partial charge in [-0.1, -0.05) is 111 Å². The van der Waals surface area contributed by atoms with Gasteiger partial charge in [-0.05, 0) is 12.8 Å². The maximum absolute atomic E-state index is 13.7. The van der Waals surface area contributed by atoms with E-state index in [1.807, 2.05) is 84.9 Å². The van der Waals surface area contributed by atoms with E-state index in [2.05, 4.69) is 13.8 Å². The third-order valence-corrected chi connectivity index (χ3v) is 9.54. The lowest BCUT2D eigenvalue weighted by molar-refractivity contribution is 0.103. The summed E-state index contributed by atoms with van der Waals surface area (Å²) >= 11 is 1.47. The van der Waals surface area contributed by atoms with E-state index in [-0.39, 0.29) is 11.6 Å². The summed E-state index contributed by atoms with van der Waals surface area (Å²) in [5.74, 6) is 0.954. The molecule has 8 rings (SSSR count). The Labute approximate surface area is 264 Å². The quantitative estimate of drug-likeness (QED) is 0.170. The number of rotatable bonds is 8. The van der Waals surface area contributed by atoms with E-state index >= 15 is 0 Å². The predicted octanol–water partition coefficient (Wildman–Crippen LogP) is 8.93. The lowest BCUT2D eigenvalue weighted by Gasteiger charge is -2.24. The number of nitrogens with zero attached hydrogens (tertiary/aromatic N) is 2. The summed E-state index contributed by atoms with van der Waals surface area (Å²) in [4.78, 5) is 39.1. The van der Waals surface area contributed by atoms with Gasteiger partial charge >= 0.3 is 0 Å². The van der Waals surface area contributed by atoms with E-state index in [4.69, 9.17) is 19.4 Å². The Kier molecular flexibility index (Phi) is 6.64. The molecule has 2 aromatic heterocycles. The highest BCUT2D eigenvalue weighted by molar-refractivity contribution is 8.00. The van der Waals surface area contributed by atoms with E-state index in [1.165, 1.54) is 11.8 Å². The standard InChI is InChI=1S/C38H28N2O4S/c1-3-19-43-37-35(27-17-9-15-25-29(27)31(39-37)21-11-5-7-13-23(21)33(25)41)45-36-28-18-10-16-26-30(28)32(40-38(36)44-20-4-2)22-12-6-8-14-24(22)34(26)42/h5-18H,3-4,19-20H2,1-2H3. The van der Waals surface area contributed by atoms with Crippen molar-refractivity contribution in [3.63, 3.8) is 0 Å². The Bertz CT molecular complexity index is 2070. The summed E-state index contributed by atoms with van der Waals surface area (Å²) in [6, 6.07) is 26.9. The SMILES string of the molecule is CCCOc1nc2c3c(cccc3c1Sc1c(OCCC)nc3c4c(cccc14)C(=O)c1ccccc1-3)C(=O)c1ccccc1-2. The van der Waals surface area contributed by atoms with Gasteiger partial charge in [-0.3, -0.25) is 9.59 Å². The Balaban J connectivity index is 1.42. The van der Waals surface area contributed by atoms with Gasteiger partial charge in [-0.15, -0.1) is 0 Å². The highest BCUT2D eigenvalue weighted by Crippen LogP contribution is 2.51. The molecule has 4 aromatic carbocycles. The molecular weight excluding hydrogens is 580 g/mol. The minimum Gasteiger partial charge on any atom is -0.477 e. The molecule has 0 N–H and O–H groups in total. The molecule has 0 spiro atoms. The number of ether oxygens (including phenoxy) is 2. The van der Waals surface area contributed by atoms with Crippen molar-refractivity contribution in [2.24, 2.45) is 0 Å². The van der Waals surface area contributed by atoms with Crippen LogP contribution in [0.3, 0.4) is 0 Å². The molecule has 0 saturated heterocycles. The van der Waals surface area contributed by atoms with Gasteiger partial charge in [0.15, 0.2) is 11.6 Å². The minimum atomic E-state index is -0.0175. The Morgan fingerprint density at radius 3 is 1.36 bits per heavy atom. The highest BCUT2D eigenvalue weighted by atomic mass is 32.2. The summed E-state index contributed by atoms with van der Waals surface area (Å²) in [5, 5.41) is 3.37. The van der Waals surface area contributed by atoms with E-state index < -0.39 is 0 Å². The average Bonchev–Trinajstić information content (AvgIpc) is 3.08. The summed E-state index contributed by atoms with van der Waals surface area (Å²) in [6.07, 6.45) is 1.62. The first-order valence-corrected chi connectivity index (χ1v) is 16.1. The first-order chi connectivity index (χ1) is 22.1. The zero-order chi connectivity index (χ0) is 30.7. The zero-order valence-corrected chi connectivity index (χ0v) is 25.7. The van der Waals surface area contributed by atoms with E-state index in [1.54, 1.807) is 0 Å². The van der Waals surface area contributed by atoms with E-state index in [0.29, 0.717) is 47.2 Å². The van der Waals surface area contributed by atoms with Crippen LogP contribution in [-0.4, -0.2) is 34.7 Å². The van der Waals surface area contributed by atoms with Crippen LogP contribution in [0.4, 0.5) is 0 Å². The number of benzene rings is 4. The fraction of sp³-hybridized carbons (Fsp3) is 0.158. The molecule has 2 heterocycles. The van der Waals surface area contributed by atoms with Crippen molar-refractivity contribution >= 4 is 44.9 Å². The third kappa shape index (κ3) is 4.18. The highest BCUT2D eigenvalue weighted by Gasteiger charge is 2.32. The van der Waals surface area contributed by atoms with Crippen molar-refractivity contribution in [1.29, 1.82) is 0 Å². The number of fused-ring (bicyclic) bond motifs is 4. The van der Waals surface area contributed by atoms with Crippen molar-refractivity contribution in [3.8, 4) is 34.3 Å². The van der Waals surface area contributed by atoms with E-state index in [9.17, 15) is 9.59 Å². The molecule has 0 aliphatic heterocycles. The molecule has 0 bridgehead atoms. The zero-order valence-electron chi connectivity index (χ0n) is 24.8. The molecule has 2 aliphatic carbocycles. The van der Waals surface area contributed by atoms with Gasteiger partial charge in [0.25, 0.3) is 0 Å². The number of hydrogen-bond donors (Lipinski definition) is 0. The van der Waals surface area contributed by atoms with Crippen LogP contribution in [0.15, 0.2) is 94.7 Å². The van der Waals surface area contributed by atoms with Crippen molar-refractivity contribution in [2.75, 3.05) is 13.2 Å². The molecule has 6 nitrogen and oxygen atoms in total. The molecule has 45 heavy (non-hydrogen) atoms. The van der Waals surface area contributed by atoms with Crippen molar-refractivity contribution in [2.45, 2.75) is 36.5 Å². The van der Waals surface area contributed by atoms with E-state index in [0.717, 1.165) is 66.7 Å². The van der Waals surface area contributed by atoms with Crippen LogP contribution in [0.1, 0.15) is 58.5 Å². The Hall–Kier alpha value is -5.01. The number of carbonyl (C=O) groups is 2. The van der Waals surface area contributed by atoms with Gasteiger partial charge in [0.05, 0.1) is 34.4 Å². The fourth-order valence-electron chi connectivity index (χ4n) is 6.37. The third-order valence-electron chi connectivity index (χ3n) is 8.34. The topological polar surface area (TPSA) is 78.4 Å². The molecule has 7 heteroatoms. The largest absolute Gasteiger partial charge is 0.477 e. The number of pyridine rings is 2. The van der Waals surface area contributed by atoms with Gasteiger partial charge in [0.1, 0.15) is 0 Å². The fourth-order valence-corrected chi connectivity index (χ4v) is 7.51. The van der Waals surface area contributed by atoms with Gasteiger partial charge in [0, 0.05) is 54.9 Å². The second-order valence-electron chi connectivity index (χ2n) is 11.2. The predicted molar refractivity (Wildman–Crippen MR) is 177 cm³/mol. The first-order valence-electron chi connectivity index (χ1n) is 15.3. The van der Waals surface area contributed by atoms with Crippen LogP contribution in [-0.2, 0) is 0 Å². The lowest BCUT2D eigenvalue weighted by atomic mass is 9.85. The van der Waals surface area contributed by atoms with Gasteiger partial charge in [-0.25, -0.2) is 9.97 Å². The second kappa shape index (κ2) is 10.9. The normalized spacial score (nSPS) is 12.8. The second-order valence-corrected chi connectivity index (χ2v) is 12.2. The minimum absolute atomic E-state index is 0.0175. The van der Waals surface area contributed by atoms with Crippen molar-refractivity contribution in [1.82, 2.24) is 9.97 Å². The summed E-state index contributed by atoms with van der Waals surface area (Å²) in [6.45, 7) is 5.09. The molecule has 6 aromatic rings. The smallest absolute Gasteiger partial charge is 0.228 e. The van der Waals surface area contributed by atoms with Gasteiger partial charge in [-0.2, -0.15) is 0 Å². The Morgan fingerprint density at radius 1 is 0.533 bits per heavy atom. The maximum Gasteiger partial charge on any atom is 0.228 e. The van der Waals surface area contributed by atoms with Crippen LogP contribution in [0.2, 0.25) is 0 Å². The summed E-state index contributed by atoms with van der Waals surface area (Å²) in [7, 11) is 0. The van der Waals surface area contributed by atoms with Gasteiger partial charge in [0.2, 0.25) is 11.8 Å². The number of ketones is 2. The molecule has 220 valence electrons.